The zero-order valence-corrected chi connectivity index (χ0v) is 17.0. The molecule has 5 rings (SSSR count). The Bertz CT molecular complexity index is 691. The molecular formula is C25H35NO. The molecule has 0 aromatic heterocycles. The van der Waals surface area contributed by atoms with Crippen LogP contribution in [0.1, 0.15) is 84.0 Å². The third-order valence-corrected chi connectivity index (χ3v) is 7.61. The van der Waals surface area contributed by atoms with Gasteiger partial charge in [0.2, 0.25) is 0 Å². The average molecular weight is 366 g/mol. The number of hydrogen-bond acceptors (Lipinski definition) is 2. The van der Waals surface area contributed by atoms with Crippen LogP contribution in [-0.2, 0) is 4.74 Å². The van der Waals surface area contributed by atoms with Crippen molar-refractivity contribution in [2.24, 2.45) is 16.8 Å². The van der Waals surface area contributed by atoms with E-state index < -0.39 is 0 Å². The van der Waals surface area contributed by atoms with E-state index in [0.717, 1.165) is 12.3 Å². The molecule has 27 heavy (non-hydrogen) atoms. The van der Waals surface area contributed by atoms with Gasteiger partial charge < -0.3 is 4.74 Å². The normalized spacial score (nSPS) is 37.4. The molecule has 0 spiro atoms. The van der Waals surface area contributed by atoms with Crippen molar-refractivity contribution in [3.05, 3.63) is 34.9 Å². The predicted octanol–water partition coefficient (Wildman–Crippen LogP) is 6.33. The van der Waals surface area contributed by atoms with Crippen molar-refractivity contribution in [1.82, 2.24) is 0 Å². The van der Waals surface area contributed by atoms with E-state index in [2.05, 4.69) is 25.2 Å². The lowest BCUT2D eigenvalue weighted by molar-refractivity contribution is 0.0171. The second-order valence-corrected chi connectivity index (χ2v) is 9.68. The van der Waals surface area contributed by atoms with Crippen molar-refractivity contribution in [3.63, 3.8) is 0 Å². The smallest absolute Gasteiger partial charge is 0.0790 e. The molecule has 0 amide bonds. The molecule has 3 aliphatic heterocycles. The lowest BCUT2D eigenvalue weighted by Crippen LogP contribution is -2.21. The van der Waals surface area contributed by atoms with Gasteiger partial charge in [-0.2, -0.15) is 0 Å². The lowest BCUT2D eigenvalue weighted by atomic mass is 9.84. The van der Waals surface area contributed by atoms with Gasteiger partial charge in [0.15, 0.2) is 0 Å². The number of hydrogen-bond donors (Lipinski definition) is 0. The first-order valence-corrected chi connectivity index (χ1v) is 11.6. The summed E-state index contributed by atoms with van der Waals surface area (Å²) < 4.78 is 6.28. The molecule has 2 bridgehead atoms. The minimum atomic E-state index is 0.383. The number of rotatable bonds is 2. The molecule has 3 heterocycles. The number of fused-ring (bicyclic) bond motifs is 3. The minimum absolute atomic E-state index is 0.383. The molecule has 1 saturated carbocycles. The van der Waals surface area contributed by atoms with Gasteiger partial charge in [0.1, 0.15) is 0 Å². The van der Waals surface area contributed by atoms with E-state index in [1.54, 1.807) is 5.57 Å². The highest BCUT2D eigenvalue weighted by Crippen LogP contribution is 2.40. The zero-order valence-electron chi connectivity index (χ0n) is 17.0. The quantitative estimate of drug-likeness (QED) is 0.560. The molecule has 0 aromatic rings. The second-order valence-electron chi connectivity index (χ2n) is 9.68. The molecule has 4 atom stereocenters. The van der Waals surface area contributed by atoms with E-state index >= 15 is 0 Å². The first-order valence-electron chi connectivity index (χ1n) is 11.6. The van der Waals surface area contributed by atoms with Crippen molar-refractivity contribution in [2.75, 3.05) is 0 Å². The molecule has 0 radical (unpaired) electrons. The van der Waals surface area contributed by atoms with Crippen molar-refractivity contribution >= 4 is 5.71 Å². The van der Waals surface area contributed by atoms with Crippen molar-refractivity contribution in [2.45, 2.75) is 102 Å². The highest BCUT2D eigenvalue weighted by atomic mass is 16.5. The molecule has 5 aliphatic rings. The summed E-state index contributed by atoms with van der Waals surface area (Å²) in [5, 5.41) is 0. The highest BCUT2D eigenvalue weighted by Gasteiger charge is 2.33. The summed E-state index contributed by atoms with van der Waals surface area (Å²) in [7, 11) is 0. The van der Waals surface area contributed by atoms with Crippen LogP contribution in [0.2, 0.25) is 0 Å². The summed E-state index contributed by atoms with van der Waals surface area (Å²) in [4.78, 5) is 5.27. The van der Waals surface area contributed by atoms with Crippen LogP contribution in [0.3, 0.4) is 0 Å². The highest BCUT2D eigenvalue weighted by molar-refractivity contribution is 6.00. The summed E-state index contributed by atoms with van der Waals surface area (Å²) in [6.45, 7) is 2.28. The maximum atomic E-state index is 6.28. The monoisotopic (exact) mass is 365 g/mol. The predicted molar refractivity (Wildman–Crippen MR) is 112 cm³/mol. The Labute approximate surface area is 164 Å². The zero-order chi connectivity index (χ0) is 18.2. The summed E-state index contributed by atoms with van der Waals surface area (Å²) in [5.74, 6) is 1.43. The molecule has 2 heteroatoms. The molecule has 2 saturated heterocycles. The fraction of sp³-hybridized carbons (Fsp3) is 0.720. The van der Waals surface area contributed by atoms with Gasteiger partial charge in [-0.3, -0.25) is 4.99 Å². The maximum Gasteiger partial charge on any atom is 0.0790 e. The van der Waals surface area contributed by atoms with Crippen molar-refractivity contribution in [3.8, 4) is 0 Å². The SMILES string of the molecule is CC1=CC2=CC(C3CCCCC3)=N[C@@H]2CC(C2CCCC3CCC(C2)O3)=C1. The average Bonchev–Trinajstić information content (AvgIpc) is 3.25. The van der Waals surface area contributed by atoms with E-state index in [1.165, 1.54) is 87.5 Å². The van der Waals surface area contributed by atoms with Gasteiger partial charge in [-0.15, -0.1) is 0 Å². The number of ether oxygens (including phenoxy) is 1. The van der Waals surface area contributed by atoms with Gasteiger partial charge in [0.05, 0.1) is 18.2 Å². The van der Waals surface area contributed by atoms with E-state index in [1.807, 2.05) is 0 Å². The lowest BCUT2D eigenvalue weighted by Gasteiger charge is -2.27. The Morgan fingerprint density at radius 2 is 1.63 bits per heavy atom. The van der Waals surface area contributed by atoms with Crippen LogP contribution in [0.15, 0.2) is 39.9 Å². The minimum Gasteiger partial charge on any atom is -0.375 e. The van der Waals surface area contributed by atoms with Crippen LogP contribution in [0.4, 0.5) is 0 Å². The van der Waals surface area contributed by atoms with Gasteiger partial charge in [-0.1, -0.05) is 49.0 Å². The van der Waals surface area contributed by atoms with Gasteiger partial charge in [0.25, 0.3) is 0 Å². The number of aliphatic imine (C=N–C) groups is 1. The van der Waals surface area contributed by atoms with Gasteiger partial charge in [-0.05, 0) is 75.9 Å². The van der Waals surface area contributed by atoms with Gasteiger partial charge >= 0.3 is 0 Å². The Kier molecular flexibility index (Phi) is 5.11. The Balaban J connectivity index is 1.34. The molecule has 0 aromatic carbocycles. The topological polar surface area (TPSA) is 21.6 Å². The molecule has 0 N–H and O–H groups in total. The van der Waals surface area contributed by atoms with Crippen molar-refractivity contribution in [1.29, 1.82) is 0 Å². The molecule has 3 fully saturated rings. The third-order valence-electron chi connectivity index (χ3n) is 7.61. The van der Waals surface area contributed by atoms with Crippen LogP contribution < -0.4 is 0 Å². The van der Waals surface area contributed by atoms with E-state index in [4.69, 9.17) is 9.73 Å². The summed E-state index contributed by atoms with van der Waals surface area (Å²) >= 11 is 0. The fourth-order valence-electron chi connectivity index (χ4n) is 6.18. The van der Waals surface area contributed by atoms with Crippen LogP contribution in [-0.4, -0.2) is 24.0 Å². The first kappa shape index (κ1) is 17.9. The van der Waals surface area contributed by atoms with E-state index in [-0.39, 0.29) is 0 Å². The second kappa shape index (κ2) is 7.70. The number of allylic oxidation sites excluding steroid dienone is 3. The van der Waals surface area contributed by atoms with Crippen LogP contribution in [0.5, 0.6) is 0 Å². The Morgan fingerprint density at radius 1 is 0.815 bits per heavy atom. The summed E-state index contributed by atoms with van der Waals surface area (Å²) in [6, 6.07) is 0.383. The Hall–Kier alpha value is -1.15. The number of nitrogens with zero attached hydrogens (tertiary/aromatic N) is 1. The molecule has 2 nitrogen and oxygen atoms in total. The van der Waals surface area contributed by atoms with Crippen LogP contribution in [0.25, 0.3) is 0 Å². The van der Waals surface area contributed by atoms with E-state index in [0.29, 0.717) is 24.2 Å². The van der Waals surface area contributed by atoms with Crippen molar-refractivity contribution < 1.29 is 4.74 Å². The summed E-state index contributed by atoms with van der Waals surface area (Å²) in [5.41, 5.74) is 5.97. The van der Waals surface area contributed by atoms with Crippen LogP contribution in [0, 0.1) is 11.8 Å². The molecular weight excluding hydrogens is 330 g/mol. The van der Waals surface area contributed by atoms with E-state index in [9.17, 15) is 0 Å². The molecule has 2 aliphatic carbocycles. The van der Waals surface area contributed by atoms with Crippen LogP contribution >= 0.6 is 0 Å². The largest absolute Gasteiger partial charge is 0.375 e. The maximum absolute atomic E-state index is 6.28. The van der Waals surface area contributed by atoms with Gasteiger partial charge in [-0.25, -0.2) is 0 Å². The Morgan fingerprint density at radius 3 is 2.52 bits per heavy atom. The fourth-order valence-corrected chi connectivity index (χ4v) is 6.18. The summed E-state index contributed by atoms with van der Waals surface area (Å²) in [6.07, 6.45) is 24.2. The standard InChI is InChI=1S/C25H35NO/c1-17-12-20(19-8-5-9-22-10-11-23(14-19)27-22)15-25-21(13-17)16-24(26-25)18-6-3-2-4-7-18/h12-13,16,18-19,22-23,25H,2-11,14-15H2,1H3/t19?,22?,23?,25-/m1/s1. The molecule has 146 valence electrons. The molecule has 3 unspecified atom stereocenters. The van der Waals surface area contributed by atoms with Gasteiger partial charge in [0, 0.05) is 11.6 Å². The first-order chi connectivity index (χ1) is 13.2. The third kappa shape index (κ3) is 3.88.